The van der Waals surface area contributed by atoms with E-state index in [2.05, 4.69) is 10.3 Å². The summed E-state index contributed by atoms with van der Waals surface area (Å²) < 4.78 is 24.2. The topological polar surface area (TPSA) is 107 Å². The third-order valence-electron chi connectivity index (χ3n) is 3.47. The molecule has 126 valence electrons. The molecule has 3 N–H and O–H groups in total. The van der Waals surface area contributed by atoms with E-state index >= 15 is 0 Å². The van der Waals surface area contributed by atoms with Gasteiger partial charge >= 0.3 is 0 Å². The van der Waals surface area contributed by atoms with Crippen LogP contribution in [0, 0.1) is 0 Å². The highest BCUT2D eigenvalue weighted by molar-refractivity contribution is 7.89. The van der Waals surface area contributed by atoms with Gasteiger partial charge in [-0.1, -0.05) is 12.1 Å². The summed E-state index contributed by atoms with van der Waals surface area (Å²) in [7, 11) is -3.67. The zero-order chi connectivity index (χ0) is 17.2. The van der Waals surface area contributed by atoms with Gasteiger partial charge in [0.15, 0.2) is 4.96 Å². The molecule has 3 aromatic rings. The van der Waals surface area contributed by atoms with Gasteiger partial charge < -0.3 is 5.32 Å². The molecule has 0 aliphatic heterocycles. The number of rotatable bonds is 6. The standard InChI is InChI=1S/C15H16N4O3S2/c16-24(21,22)13-3-1-11(2-4-13)5-6-17-14(20)9-12-10-19-7-8-23-15(19)18-12/h1-4,7-8,10H,5-6,9H2,(H,17,20)(H2,16,21,22). The molecule has 1 amide bonds. The molecule has 0 saturated heterocycles. The van der Waals surface area contributed by atoms with Gasteiger partial charge in [0, 0.05) is 24.3 Å². The first-order chi connectivity index (χ1) is 11.4. The number of imidazole rings is 1. The van der Waals surface area contributed by atoms with Crippen molar-refractivity contribution in [2.75, 3.05) is 6.54 Å². The Morgan fingerprint density at radius 2 is 2.04 bits per heavy atom. The van der Waals surface area contributed by atoms with Gasteiger partial charge in [0.1, 0.15) is 0 Å². The second-order valence-corrected chi connectivity index (χ2v) is 7.73. The van der Waals surface area contributed by atoms with Crippen LogP contribution in [0.5, 0.6) is 0 Å². The van der Waals surface area contributed by atoms with E-state index in [1.165, 1.54) is 23.5 Å². The van der Waals surface area contributed by atoms with Gasteiger partial charge in [-0.05, 0) is 24.1 Å². The lowest BCUT2D eigenvalue weighted by molar-refractivity contribution is -0.120. The van der Waals surface area contributed by atoms with Crippen LogP contribution in [0.15, 0.2) is 46.9 Å². The maximum atomic E-state index is 11.9. The van der Waals surface area contributed by atoms with Crippen LogP contribution in [-0.2, 0) is 27.7 Å². The Morgan fingerprint density at radius 1 is 1.29 bits per heavy atom. The number of nitrogens with one attached hydrogen (secondary N) is 1. The molecule has 0 saturated carbocycles. The first-order valence-electron chi connectivity index (χ1n) is 7.21. The van der Waals surface area contributed by atoms with E-state index in [1.807, 2.05) is 22.2 Å². The molecule has 7 nitrogen and oxygen atoms in total. The van der Waals surface area contributed by atoms with E-state index in [1.54, 1.807) is 12.1 Å². The Kier molecular flexibility index (Phi) is 4.65. The fourth-order valence-corrected chi connectivity index (χ4v) is 3.51. The predicted molar refractivity (Wildman–Crippen MR) is 91.3 cm³/mol. The molecular formula is C15H16N4O3S2. The number of carbonyl (C=O) groups is 1. The second-order valence-electron chi connectivity index (χ2n) is 5.29. The third-order valence-corrected chi connectivity index (χ3v) is 5.17. The van der Waals surface area contributed by atoms with Gasteiger partial charge in [0.05, 0.1) is 17.0 Å². The van der Waals surface area contributed by atoms with Crippen LogP contribution in [0.1, 0.15) is 11.3 Å². The van der Waals surface area contributed by atoms with Crippen molar-refractivity contribution in [3.63, 3.8) is 0 Å². The normalized spacial score (nSPS) is 11.7. The first kappa shape index (κ1) is 16.6. The number of thiazole rings is 1. The van der Waals surface area contributed by atoms with Crippen molar-refractivity contribution in [2.45, 2.75) is 17.7 Å². The van der Waals surface area contributed by atoms with Crippen LogP contribution in [-0.4, -0.2) is 30.3 Å². The summed E-state index contributed by atoms with van der Waals surface area (Å²) in [6.07, 6.45) is 4.59. The molecule has 3 rings (SSSR count). The van der Waals surface area contributed by atoms with Gasteiger partial charge in [-0.25, -0.2) is 18.5 Å². The van der Waals surface area contributed by atoms with Crippen LogP contribution < -0.4 is 10.5 Å². The first-order valence-corrected chi connectivity index (χ1v) is 9.64. The number of fused-ring (bicyclic) bond motifs is 1. The number of aromatic nitrogens is 2. The Labute approximate surface area is 143 Å². The number of hydrogen-bond donors (Lipinski definition) is 2. The molecule has 0 bridgehead atoms. The summed E-state index contributed by atoms with van der Waals surface area (Å²) in [6, 6.07) is 6.30. The Morgan fingerprint density at radius 3 is 2.71 bits per heavy atom. The number of sulfonamides is 1. The number of hydrogen-bond acceptors (Lipinski definition) is 5. The molecule has 24 heavy (non-hydrogen) atoms. The molecule has 0 spiro atoms. The maximum absolute atomic E-state index is 11.9. The SMILES string of the molecule is NS(=O)(=O)c1ccc(CCNC(=O)Cc2cn3ccsc3n2)cc1. The van der Waals surface area contributed by atoms with Gasteiger partial charge in [-0.3, -0.25) is 9.20 Å². The monoisotopic (exact) mass is 364 g/mol. The summed E-state index contributed by atoms with van der Waals surface area (Å²) in [5.74, 6) is -0.0955. The minimum atomic E-state index is -3.67. The van der Waals surface area contributed by atoms with Crippen molar-refractivity contribution in [2.24, 2.45) is 5.14 Å². The molecule has 0 aliphatic rings. The Balaban J connectivity index is 1.49. The van der Waals surface area contributed by atoms with Gasteiger partial charge in [0.25, 0.3) is 0 Å². The quantitative estimate of drug-likeness (QED) is 0.679. The fraction of sp³-hybridized carbons (Fsp3) is 0.200. The minimum Gasteiger partial charge on any atom is -0.355 e. The van der Waals surface area contributed by atoms with E-state index in [4.69, 9.17) is 5.14 Å². The average molecular weight is 364 g/mol. The van der Waals surface area contributed by atoms with Crippen LogP contribution in [0.25, 0.3) is 4.96 Å². The summed E-state index contributed by atoms with van der Waals surface area (Å²) in [5, 5.41) is 9.82. The van der Waals surface area contributed by atoms with Crippen molar-refractivity contribution < 1.29 is 13.2 Å². The average Bonchev–Trinajstić information content (AvgIpc) is 3.08. The van der Waals surface area contributed by atoms with Crippen molar-refractivity contribution in [3.05, 3.63) is 53.3 Å². The van der Waals surface area contributed by atoms with E-state index in [-0.39, 0.29) is 17.2 Å². The predicted octanol–water partition coefficient (Wildman–Crippen LogP) is 0.945. The van der Waals surface area contributed by atoms with E-state index in [0.29, 0.717) is 13.0 Å². The molecule has 0 radical (unpaired) electrons. The van der Waals surface area contributed by atoms with Crippen LogP contribution >= 0.6 is 11.3 Å². The second kappa shape index (κ2) is 6.71. The molecule has 1 aromatic carbocycles. The largest absolute Gasteiger partial charge is 0.355 e. The highest BCUT2D eigenvalue weighted by atomic mass is 32.2. The summed E-state index contributed by atoms with van der Waals surface area (Å²) >= 11 is 1.52. The summed E-state index contributed by atoms with van der Waals surface area (Å²) in [5.41, 5.74) is 1.65. The molecular weight excluding hydrogens is 348 g/mol. The maximum Gasteiger partial charge on any atom is 0.238 e. The van der Waals surface area contributed by atoms with Crippen LogP contribution in [0.2, 0.25) is 0 Å². The highest BCUT2D eigenvalue weighted by Crippen LogP contribution is 2.12. The fourth-order valence-electron chi connectivity index (χ4n) is 2.28. The molecule has 0 aliphatic carbocycles. The zero-order valence-electron chi connectivity index (χ0n) is 12.7. The number of benzene rings is 1. The molecule has 0 atom stereocenters. The van der Waals surface area contributed by atoms with Crippen molar-refractivity contribution in [3.8, 4) is 0 Å². The van der Waals surface area contributed by atoms with Gasteiger partial charge in [-0.15, -0.1) is 11.3 Å². The zero-order valence-corrected chi connectivity index (χ0v) is 14.3. The van der Waals surface area contributed by atoms with Gasteiger partial charge in [-0.2, -0.15) is 0 Å². The van der Waals surface area contributed by atoms with E-state index in [9.17, 15) is 13.2 Å². The smallest absolute Gasteiger partial charge is 0.238 e. The molecule has 0 fully saturated rings. The molecule has 2 aromatic heterocycles. The summed E-state index contributed by atoms with van der Waals surface area (Å²) in [4.78, 5) is 17.2. The van der Waals surface area contributed by atoms with E-state index in [0.717, 1.165) is 16.2 Å². The number of nitrogens with two attached hydrogens (primary N) is 1. The molecule has 2 heterocycles. The number of amides is 1. The highest BCUT2D eigenvalue weighted by Gasteiger charge is 2.09. The molecule has 0 unspecified atom stereocenters. The van der Waals surface area contributed by atoms with E-state index < -0.39 is 10.0 Å². The lowest BCUT2D eigenvalue weighted by Crippen LogP contribution is -2.27. The molecule has 9 heteroatoms. The number of primary sulfonamides is 1. The Bertz CT molecular complexity index is 930. The number of nitrogens with zero attached hydrogens (tertiary/aromatic N) is 2. The lowest BCUT2D eigenvalue weighted by Gasteiger charge is -2.05. The van der Waals surface area contributed by atoms with Crippen molar-refractivity contribution in [1.29, 1.82) is 0 Å². The summed E-state index contributed by atoms with van der Waals surface area (Å²) in [6.45, 7) is 0.468. The van der Waals surface area contributed by atoms with Crippen LogP contribution in [0.3, 0.4) is 0 Å². The minimum absolute atomic E-state index is 0.0787. The van der Waals surface area contributed by atoms with Crippen molar-refractivity contribution >= 4 is 32.2 Å². The van der Waals surface area contributed by atoms with Crippen LogP contribution in [0.4, 0.5) is 0 Å². The Hall–Kier alpha value is -2.23. The van der Waals surface area contributed by atoms with Crippen molar-refractivity contribution in [1.82, 2.24) is 14.7 Å². The number of carbonyl (C=O) groups excluding carboxylic acids is 1. The lowest BCUT2D eigenvalue weighted by atomic mass is 10.1. The third kappa shape index (κ3) is 3.99. The van der Waals surface area contributed by atoms with Gasteiger partial charge in [0.2, 0.25) is 15.9 Å².